The second-order valence-corrected chi connectivity index (χ2v) is 5.93. The first-order valence-electron chi connectivity index (χ1n) is 9.03. The summed E-state index contributed by atoms with van der Waals surface area (Å²) >= 11 is 0. The van der Waals surface area contributed by atoms with Crippen LogP contribution in [0.25, 0.3) is 0 Å². The molecule has 10 heteroatoms. The predicted octanol–water partition coefficient (Wildman–Crippen LogP) is 2.95. The molecule has 2 aromatic carbocycles. The van der Waals surface area contributed by atoms with Crippen LogP contribution in [0.1, 0.15) is 13.8 Å². The number of nitrogens with one attached hydrogen (secondary N) is 1. The number of nitro benzene ring substituents is 1. The van der Waals surface area contributed by atoms with Crippen molar-refractivity contribution in [3.63, 3.8) is 0 Å². The normalized spacial score (nSPS) is 11.2. The van der Waals surface area contributed by atoms with Crippen LogP contribution in [0.4, 0.5) is 11.4 Å². The summed E-state index contributed by atoms with van der Waals surface area (Å²) in [6, 6.07) is 10.6. The maximum Gasteiger partial charge on any atom is 0.344 e. The smallest absolute Gasteiger partial charge is 0.344 e. The molecule has 0 radical (unpaired) electrons. The fraction of sp³-hybridized carbons (Fsp3) is 0.300. The lowest BCUT2D eigenvalue weighted by atomic mass is 10.2. The van der Waals surface area contributed by atoms with Gasteiger partial charge in [-0.1, -0.05) is 12.1 Å². The zero-order valence-corrected chi connectivity index (χ0v) is 16.7. The summed E-state index contributed by atoms with van der Waals surface area (Å²) in [6.07, 6.45) is -1.17. The van der Waals surface area contributed by atoms with E-state index < -0.39 is 29.5 Å². The van der Waals surface area contributed by atoms with E-state index in [0.717, 1.165) is 6.07 Å². The molecule has 1 atom stereocenters. The number of para-hydroxylation sites is 2. The number of amides is 1. The number of rotatable bonds is 10. The Balaban J connectivity index is 1.95. The Hall–Kier alpha value is -3.82. The van der Waals surface area contributed by atoms with Gasteiger partial charge in [-0.25, -0.2) is 4.79 Å². The summed E-state index contributed by atoms with van der Waals surface area (Å²) in [4.78, 5) is 34.7. The van der Waals surface area contributed by atoms with Gasteiger partial charge in [-0.3, -0.25) is 14.9 Å². The molecule has 0 saturated heterocycles. The molecule has 30 heavy (non-hydrogen) atoms. The Morgan fingerprint density at radius 2 is 1.77 bits per heavy atom. The molecule has 0 saturated carbocycles. The van der Waals surface area contributed by atoms with Crippen LogP contribution in [0.15, 0.2) is 42.5 Å². The summed E-state index contributed by atoms with van der Waals surface area (Å²) in [5.74, 6) is -0.374. The van der Waals surface area contributed by atoms with Gasteiger partial charge in [0, 0.05) is 12.1 Å². The quantitative estimate of drug-likeness (QED) is 0.354. The Kier molecular flexibility index (Phi) is 7.98. The molecule has 0 aliphatic heterocycles. The Morgan fingerprint density at radius 3 is 2.37 bits per heavy atom. The average molecular weight is 418 g/mol. The van der Waals surface area contributed by atoms with Crippen LogP contribution in [0.3, 0.4) is 0 Å². The number of non-ortho nitro benzene ring substituents is 1. The van der Waals surface area contributed by atoms with Crippen LogP contribution in [-0.4, -0.2) is 43.2 Å². The highest BCUT2D eigenvalue weighted by atomic mass is 16.6. The van der Waals surface area contributed by atoms with Crippen LogP contribution < -0.4 is 19.5 Å². The SMILES string of the molecule is CCOc1ccccc1OCC(=O)O[C@@H](C)C(=O)Nc1cc([N+](=O)[O-])ccc1OC. The lowest BCUT2D eigenvalue weighted by Gasteiger charge is -2.16. The molecule has 0 fully saturated rings. The van der Waals surface area contributed by atoms with Crippen molar-refractivity contribution >= 4 is 23.3 Å². The third-order valence-corrected chi connectivity index (χ3v) is 3.82. The van der Waals surface area contributed by atoms with E-state index in [4.69, 9.17) is 18.9 Å². The number of nitro groups is 1. The summed E-state index contributed by atoms with van der Waals surface area (Å²) in [5, 5.41) is 13.4. The van der Waals surface area contributed by atoms with Gasteiger partial charge in [0.1, 0.15) is 5.75 Å². The van der Waals surface area contributed by atoms with Crippen molar-refractivity contribution in [1.82, 2.24) is 0 Å². The van der Waals surface area contributed by atoms with Crippen molar-refractivity contribution < 1.29 is 33.5 Å². The second kappa shape index (κ2) is 10.6. The van der Waals surface area contributed by atoms with E-state index in [9.17, 15) is 19.7 Å². The number of carbonyl (C=O) groups is 2. The van der Waals surface area contributed by atoms with Gasteiger partial charge >= 0.3 is 5.97 Å². The van der Waals surface area contributed by atoms with Gasteiger partial charge < -0.3 is 24.3 Å². The number of benzene rings is 2. The van der Waals surface area contributed by atoms with Crippen molar-refractivity contribution in [1.29, 1.82) is 0 Å². The maximum atomic E-state index is 12.3. The minimum Gasteiger partial charge on any atom is -0.495 e. The molecule has 1 amide bonds. The van der Waals surface area contributed by atoms with Crippen LogP contribution in [0, 0.1) is 10.1 Å². The zero-order chi connectivity index (χ0) is 22.1. The van der Waals surface area contributed by atoms with Crippen molar-refractivity contribution in [2.45, 2.75) is 20.0 Å². The molecular formula is C20H22N2O8. The first-order chi connectivity index (χ1) is 14.3. The Bertz CT molecular complexity index is 915. The topological polar surface area (TPSA) is 126 Å². The van der Waals surface area contributed by atoms with E-state index >= 15 is 0 Å². The van der Waals surface area contributed by atoms with Gasteiger partial charge in [-0.05, 0) is 32.0 Å². The minimum atomic E-state index is -1.17. The zero-order valence-electron chi connectivity index (χ0n) is 16.7. The maximum absolute atomic E-state index is 12.3. The van der Waals surface area contributed by atoms with E-state index in [1.807, 2.05) is 6.92 Å². The number of methoxy groups -OCH3 is 1. The first-order valence-corrected chi connectivity index (χ1v) is 9.03. The summed E-state index contributed by atoms with van der Waals surface area (Å²) in [6.45, 7) is 3.19. The molecule has 0 aliphatic carbocycles. The van der Waals surface area contributed by atoms with Crippen molar-refractivity contribution in [3.05, 3.63) is 52.6 Å². The number of nitrogens with zero attached hydrogens (tertiary/aromatic N) is 1. The first kappa shape index (κ1) is 22.5. The van der Waals surface area contributed by atoms with E-state index in [2.05, 4.69) is 5.32 Å². The molecule has 1 N–H and O–H groups in total. The molecule has 0 bridgehead atoms. The van der Waals surface area contributed by atoms with Crippen molar-refractivity contribution in [3.8, 4) is 17.2 Å². The molecule has 2 rings (SSSR count). The number of ether oxygens (including phenoxy) is 4. The average Bonchev–Trinajstić information content (AvgIpc) is 2.73. The number of carbonyl (C=O) groups excluding carboxylic acids is 2. The highest BCUT2D eigenvalue weighted by molar-refractivity contribution is 5.96. The van der Waals surface area contributed by atoms with Gasteiger partial charge in [0.2, 0.25) is 0 Å². The molecular weight excluding hydrogens is 396 g/mol. The molecule has 10 nitrogen and oxygen atoms in total. The summed E-state index contributed by atoms with van der Waals surface area (Å²) < 4.78 is 21.0. The Morgan fingerprint density at radius 1 is 1.10 bits per heavy atom. The summed E-state index contributed by atoms with van der Waals surface area (Å²) in [5.41, 5.74) is -0.140. The van der Waals surface area contributed by atoms with Gasteiger partial charge in [-0.2, -0.15) is 0 Å². The van der Waals surface area contributed by atoms with E-state index in [1.54, 1.807) is 24.3 Å². The molecule has 160 valence electrons. The third-order valence-electron chi connectivity index (χ3n) is 3.82. The van der Waals surface area contributed by atoms with Gasteiger partial charge in [0.15, 0.2) is 24.2 Å². The van der Waals surface area contributed by atoms with E-state index in [1.165, 1.54) is 26.2 Å². The fourth-order valence-corrected chi connectivity index (χ4v) is 2.41. The molecule has 0 heterocycles. The van der Waals surface area contributed by atoms with Gasteiger partial charge in [0.25, 0.3) is 11.6 Å². The molecule has 0 aliphatic rings. The standard InChI is InChI=1S/C20H22N2O8/c1-4-28-17-7-5-6-8-18(17)29-12-19(23)30-13(2)20(24)21-15-11-14(22(25)26)9-10-16(15)27-3/h5-11,13H,4,12H2,1-3H3,(H,21,24)/t13-/m0/s1. The van der Waals surface area contributed by atoms with Crippen molar-refractivity contribution in [2.24, 2.45) is 0 Å². The minimum absolute atomic E-state index is 0.0847. The number of hydrogen-bond donors (Lipinski definition) is 1. The molecule has 0 aromatic heterocycles. The monoisotopic (exact) mass is 418 g/mol. The van der Waals surface area contributed by atoms with E-state index in [0.29, 0.717) is 18.1 Å². The third kappa shape index (κ3) is 6.09. The summed E-state index contributed by atoms with van der Waals surface area (Å²) in [7, 11) is 1.36. The molecule has 0 unspecified atom stereocenters. The van der Waals surface area contributed by atoms with Gasteiger partial charge in [0.05, 0.1) is 24.3 Å². The number of hydrogen-bond acceptors (Lipinski definition) is 8. The lowest BCUT2D eigenvalue weighted by molar-refractivity contribution is -0.384. The molecule has 0 spiro atoms. The van der Waals surface area contributed by atoms with Crippen LogP contribution >= 0.6 is 0 Å². The van der Waals surface area contributed by atoms with Crippen molar-refractivity contribution in [2.75, 3.05) is 25.6 Å². The highest BCUT2D eigenvalue weighted by Gasteiger charge is 2.21. The highest BCUT2D eigenvalue weighted by Crippen LogP contribution is 2.29. The molecule has 2 aromatic rings. The lowest BCUT2D eigenvalue weighted by Crippen LogP contribution is -2.31. The Labute approximate surface area is 172 Å². The largest absolute Gasteiger partial charge is 0.495 e. The van der Waals surface area contributed by atoms with Crippen LogP contribution in [-0.2, 0) is 14.3 Å². The van der Waals surface area contributed by atoms with Gasteiger partial charge in [-0.15, -0.1) is 0 Å². The number of esters is 1. The number of anilines is 1. The predicted molar refractivity (Wildman–Crippen MR) is 107 cm³/mol. The van der Waals surface area contributed by atoms with Crippen LogP contribution in [0.5, 0.6) is 17.2 Å². The van der Waals surface area contributed by atoms with E-state index in [-0.39, 0.29) is 17.1 Å². The second-order valence-electron chi connectivity index (χ2n) is 5.93. The van der Waals surface area contributed by atoms with Crippen LogP contribution in [0.2, 0.25) is 0 Å². The fourth-order valence-electron chi connectivity index (χ4n) is 2.41.